The first-order chi connectivity index (χ1) is 10.2. The summed E-state index contributed by atoms with van der Waals surface area (Å²) in [6, 6.07) is 12.5. The first kappa shape index (κ1) is 13.6. The van der Waals surface area contributed by atoms with Crippen molar-refractivity contribution in [1.82, 2.24) is 0 Å². The van der Waals surface area contributed by atoms with E-state index < -0.39 is 0 Å². The highest BCUT2D eigenvalue weighted by Crippen LogP contribution is 2.13. The summed E-state index contributed by atoms with van der Waals surface area (Å²) < 4.78 is 10.4. The number of carbonyl (C=O) groups is 1. The number of fused-ring (bicyclic) bond motifs is 1. The quantitative estimate of drug-likeness (QED) is 0.694. The Bertz CT molecular complexity index is 818. The van der Waals surface area contributed by atoms with Crippen LogP contribution in [0.5, 0.6) is 0 Å². The molecule has 0 spiro atoms. The van der Waals surface area contributed by atoms with Crippen LogP contribution in [0.15, 0.2) is 57.1 Å². The van der Waals surface area contributed by atoms with Crippen molar-refractivity contribution in [1.29, 1.82) is 0 Å². The summed E-state index contributed by atoms with van der Waals surface area (Å²) in [6.45, 7) is 0.179. The molecule has 4 nitrogen and oxygen atoms in total. The number of benzene rings is 1. The molecule has 0 amide bonds. The summed E-state index contributed by atoms with van der Waals surface area (Å²) in [6.07, 6.45) is 0.372. The molecule has 106 valence electrons. The molecule has 2 heterocycles. The molecule has 0 bridgehead atoms. The van der Waals surface area contributed by atoms with Crippen LogP contribution in [0.25, 0.3) is 10.8 Å². The van der Waals surface area contributed by atoms with E-state index in [1.807, 2.05) is 17.5 Å². The Hall–Kier alpha value is -2.40. The molecule has 0 radical (unpaired) electrons. The van der Waals surface area contributed by atoms with Gasteiger partial charge < -0.3 is 9.15 Å². The summed E-state index contributed by atoms with van der Waals surface area (Å²) >= 11 is 1.33. The lowest BCUT2D eigenvalue weighted by Gasteiger charge is -2.04. The summed E-state index contributed by atoms with van der Waals surface area (Å²) in [7, 11) is 0. The van der Waals surface area contributed by atoms with E-state index in [9.17, 15) is 9.59 Å². The fourth-order valence-corrected chi connectivity index (χ4v) is 2.64. The van der Waals surface area contributed by atoms with Crippen LogP contribution >= 0.6 is 11.3 Å². The molecule has 21 heavy (non-hydrogen) atoms. The molecule has 0 aliphatic heterocycles. The number of rotatable bonds is 4. The molecule has 0 fully saturated rings. The molecular formula is C16H12O4S. The molecule has 3 rings (SSSR count). The Morgan fingerprint density at radius 1 is 1.19 bits per heavy atom. The molecule has 0 aliphatic rings. The van der Waals surface area contributed by atoms with E-state index in [1.54, 1.807) is 30.3 Å². The van der Waals surface area contributed by atoms with E-state index in [2.05, 4.69) is 0 Å². The second kappa shape index (κ2) is 5.93. The molecule has 0 saturated carbocycles. The highest BCUT2D eigenvalue weighted by atomic mass is 32.1. The molecule has 3 aromatic rings. The van der Waals surface area contributed by atoms with Crippen LogP contribution in [0.2, 0.25) is 0 Å². The van der Waals surface area contributed by atoms with E-state index in [4.69, 9.17) is 9.15 Å². The molecule has 0 atom stereocenters. The summed E-state index contributed by atoms with van der Waals surface area (Å²) in [4.78, 5) is 24.0. The van der Waals surface area contributed by atoms with Gasteiger partial charge in [0.25, 0.3) is 0 Å². The van der Waals surface area contributed by atoms with Crippen LogP contribution in [-0.2, 0) is 11.2 Å². The van der Waals surface area contributed by atoms with Gasteiger partial charge in [0, 0.05) is 6.42 Å². The monoisotopic (exact) mass is 300 g/mol. The third-order valence-corrected chi connectivity index (χ3v) is 3.87. The lowest BCUT2D eigenvalue weighted by molar-refractivity contribution is 0.0510. The topological polar surface area (TPSA) is 56.5 Å². The van der Waals surface area contributed by atoms with Crippen molar-refractivity contribution in [3.8, 4) is 0 Å². The van der Waals surface area contributed by atoms with Crippen molar-refractivity contribution in [2.24, 2.45) is 0 Å². The van der Waals surface area contributed by atoms with Crippen molar-refractivity contribution in [3.63, 3.8) is 0 Å². The Kier molecular flexibility index (Phi) is 3.83. The van der Waals surface area contributed by atoms with Crippen molar-refractivity contribution in [2.45, 2.75) is 6.42 Å². The van der Waals surface area contributed by atoms with Crippen molar-refractivity contribution < 1.29 is 13.9 Å². The van der Waals surface area contributed by atoms with Gasteiger partial charge in [0.05, 0.1) is 12.0 Å². The van der Waals surface area contributed by atoms with Gasteiger partial charge in [-0.2, -0.15) is 0 Å². The number of ether oxygens (including phenoxy) is 1. The van der Waals surface area contributed by atoms with Crippen molar-refractivity contribution in [2.75, 3.05) is 6.61 Å². The Morgan fingerprint density at radius 2 is 2.05 bits per heavy atom. The number of thiophene rings is 1. The standard InChI is InChI=1S/C16H12O4S/c17-15-13-5-2-1-4-11(13)10-12(20-15)7-8-19-16(18)14-6-3-9-21-14/h1-6,9-10H,7-8H2. The molecule has 1 aromatic carbocycles. The molecule has 2 aromatic heterocycles. The maximum atomic E-state index is 11.8. The zero-order valence-corrected chi connectivity index (χ0v) is 11.9. The average molecular weight is 300 g/mol. The SMILES string of the molecule is O=C(OCCc1cc2ccccc2c(=O)o1)c1cccs1. The van der Waals surface area contributed by atoms with E-state index in [-0.39, 0.29) is 18.2 Å². The van der Waals surface area contributed by atoms with Gasteiger partial charge >= 0.3 is 11.6 Å². The summed E-state index contributed by atoms with van der Waals surface area (Å²) in [5.41, 5.74) is -0.368. The minimum absolute atomic E-state index is 0.179. The van der Waals surface area contributed by atoms with Gasteiger partial charge in [0.15, 0.2) is 0 Å². The molecule has 0 N–H and O–H groups in total. The van der Waals surface area contributed by atoms with Crippen LogP contribution < -0.4 is 5.63 Å². The normalized spacial score (nSPS) is 10.7. The number of hydrogen-bond acceptors (Lipinski definition) is 5. The predicted octanol–water partition coefficient (Wildman–Crippen LogP) is 3.25. The van der Waals surface area contributed by atoms with Gasteiger partial charge in [-0.3, -0.25) is 0 Å². The smallest absolute Gasteiger partial charge is 0.348 e. The third-order valence-electron chi connectivity index (χ3n) is 3.02. The first-order valence-electron chi connectivity index (χ1n) is 6.46. The average Bonchev–Trinajstić information content (AvgIpc) is 3.01. The molecule has 0 aliphatic carbocycles. The minimum atomic E-state index is -0.368. The van der Waals surface area contributed by atoms with Gasteiger partial charge in [0.2, 0.25) is 0 Å². The fraction of sp³-hybridized carbons (Fsp3) is 0.125. The second-order valence-electron chi connectivity index (χ2n) is 4.45. The maximum Gasteiger partial charge on any atom is 0.348 e. The van der Waals surface area contributed by atoms with Crippen LogP contribution in [-0.4, -0.2) is 12.6 Å². The lowest BCUT2D eigenvalue weighted by Crippen LogP contribution is -2.08. The second-order valence-corrected chi connectivity index (χ2v) is 5.40. The molecule has 5 heteroatoms. The molecular weight excluding hydrogens is 288 g/mol. The lowest BCUT2D eigenvalue weighted by atomic mass is 10.1. The summed E-state index contributed by atoms with van der Waals surface area (Å²) in [5, 5.41) is 3.20. The van der Waals surface area contributed by atoms with Gasteiger partial charge in [0.1, 0.15) is 10.6 Å². The van der Waals surface area contributed by atoms with Crippen molar-refractivity contribution in [3.05, 3.63) is 68.9 Å². The van der Waals surface area contributed by atoms with E-state index >= 15 is 0 Å². The van der Waals surface area contributed by atoms with Crippen LogP contribution in [0.3, 0.4) is 0 Å². The number of esters is 1. The van der Waals surface area contributed by atoms with E-state index in [1.165, 1.54) is 11.3 Å². The highest BCUT2D eigenvalue weighted by Gasteiger charge is 2.09. The van der Waals surface area contributed by atoms with Crippen LogP contribution in [0.1, 0.15) is 15.4 Å². The molecule has 0 unspecified atom stereocenters. The van der Waals surface area contributed by atoms with Crippen molar-refractivity contribution >= 4 is 28.1 Å². The van der Waals surface area contributed by atoms with Gasteiger partial charge in [-0.1, -0.05) is 24.3 Å². The van der Waals surface area contributed by atoms with Gasteiger partial charge in [-0.15, -0.1) is 11.3 Å². The highest BCUT2D eigenvalue weighted by molar-refractivity contribution is 7.11. The zero-order chi connectivity index (χ0) is 14.7. The Balaban J connectivity index is 1.68. The van der Waals surface area contributed by atoms with Crippen LogP contribution in [0.4, 0.5) is 0 Å². The van der Waals surface area contributed by atoms with E-state index in [0.29, 0.717) is 22.4 Å². The van der Waals surface area contributed by atoms with Gasteiger partial charge in [-0.25, -0.2) is 9.59 Å². The number of carbonyl (C=O) groups excluding carboxylic acids is 1. The predicted molar refractivity (Wildman–Crippen MR) is 80.8 cm³/mol. The largest absolute Gasteiger partial charge is 0.461 e. The third kappa shape index (κ3) is 3.03. The maximum absolute atomic E-state index is 11.8. The van der Waals surface area contributed by atoms with E-state index in [0.717, 1.165) is 5.39 Å². The van der Waals surface area contributed by atoms with Crippen LogP contribution in [0, 0.1) is 0 Å². The Morgan fingerprint density at radius 3 is 2.86 bits per heavy atom. The first-order valence-corrected chi connectivity index (χ1v) is 7.34. The van der Waals surface area contributed by atoms with Gasteiger partial charge in [-0.05, 0) is 29.0 Å². The fourth-order valence-electron chi connectivity index (χ4n) is 2.02. The minimum Gasteiger partial charge on any atom is -0.461 e. The summed E-state index contributed by atoms with van der Waals surface area (Å²) in [5.74, 6) is 0.158. The zero-order valence-electron chi connectivity index (χ0n) is 11.1. The molecule has 0 saturated heterocycles. The number of hydrogen-bond donors (Lipinski definition) is 0. The Labute approximate surface area is 124 Å².